The van der Waals surface area contributed by atoms with E-state index in [4.69, 9.17) is 4.74 Å². The van der Waals surface area contributed by atoms with E-state index in [9.17, 15) is 0 Å². The van der Waals surface area contributed by atoms with E-state index in [-0.39, 0.29) is 0 Å². The first-order valence-electron chi connectivity index (χ1n) is 7.90. The molecule has 23 heavy (non-hydrogen) atoms. The summed E-state index contributed by atoms with van der Waals surface area (Å²) in [5, 5.41) is 4.88. The molecule has 112 valence electrons. The number of benzene rings is 4. The summed E-state index contributed by atoms with van der Waals surface area (Å²) in [5.74, 6) is 0.941. The van der Waals surface area contributed by atoms with Gasteiger partial charge in [-0.2, -0.15) is 0 Å². The zero-order valence-corrected chi connectivity index (χ0v) is 13.1. The summed E-state index contributed by atoms with van der Waals surface area (Å²) >= 11 is 0. The molecule has 0 spiro atoms. The van der Waals surface area contributed by atoms with Crippen molar-refractivity contribution >= 4 is 21.5 Å². The van der Waals surface area contributed by atoms with Gasteiger partial charge in [0.05, 0.1) is 0 Å². The molecular weight excluding hydrogens is 280 g/mol. The zero-order chi connectivity index (χ0) is 15.6. The van der Waals surface area contributed by atoms with Crippen LogP contribution in [0.2, 0.25) is 0 Å². The monoisotopic (exact) mass is 298 g/mol. The Kier molecular flexibility index (Phi) is 3.47. The highest BCUT2D eigenvalue weighted by Crippen LogP contribution is 2.30. The maximum Gasteiger partial charge on any atom is 0.127 e. The largest absolute Gasteiger partial charge is 0.488 e. The Balaban J connectivity index is 1.74. The highest BCUT2D eigenvalue weighted by Gasteiger charge is 2.05. The summed E-state index contributed by atoms with van der Waals surface area (Å²) in [6.07, 6.45) is 0. The second-order valence-corrected chi connectivity index (χ2v) is 5.89. The number of hydrogen-bond acceptors (Lipinski definition) is 1. The summed E-state index contributed by atoms with van der Waals surface area (Å²) in [6.45, 7) is 2.72. The van der Waals surface area contributed by atoms with Gasteiger partial charge in [0.15, 0.2) is 0 Å². The summed E-state index contributed by atoms with van der Waals surface area (Å²) in [5.41, 5.74) is 2.49. The van der Waals surface area contributed by atoms with Crippen LogP contribution in [0.4, 0.5) is 0 Å². The van der Waals surface area contributed by atoms with Gasteiger partial charge >= 0.3 is 0 Å². The van der Waals surface area contributed by atoms with Crippen LogP contribution in [0.25, 0.3) is 21.5 Å². The fraction of sp³-hybridized carbons (Fsp3) is 0.0909. The Bertz CT molecular complexity index is 985. The van der Waals surface area contributed by atoms with Crippen molar-refractivity contribution in [2.24, 2.45) is 0 Å². The molecular formula is C22H18O. The van der Waals surface area contributed by atoms with E-state index in [2.05, 4.69) is 85.8 Å². The third-order valence-electron chi connectivity index (χ3n) is 4.35. The molecule has 4 rings (SSSR count). The highest BCUT2D eigenvalue weighted by atomic mass is 16.5. The second kappa shape index (κ2) is 5.77. The topological polar surface area (TPSA) is 9.23 Å². The Morgan fingerprint density at radius 3 is 2.22 bits per heavy atom. The average Bonchev–Trinajstić information content (AvgIpc) is 2.59. The first-order chi connectivity index (χ1) is 11.3. The van der Waals surface area contributed by atoms with Crippen LogP contribution >= 0.6 is 0 Å². The highest BCUT2D eigenvalue weighted by molar-refractivity contribution is 6.00. The predicted molar refractivity (Wildman–Crippen MR) is 97.0 cm³/mol. The SMILES string of the molecule is Cc1ccccc1COc1cccc2cc3ccccc3cc12. The molecule has 0 aromatic heterocycles. The lowest BCUT2D eigenvalue weighted by Crippen LogP contribution is -1.98. The molecule has 0 aliphatic heterocycles. The fourth-order valence-electron chi connectivity index (χ4n) is 2.99. The van der Waals surface area contributed by atoms with Crippen LogP contribution in [0.3, 0.4) is 0 Å². The van der Waals surface area contributed by atoms with Gasteiger partial charge in [-0.3, -0.25) is 0 Å². The van der Waals surface area contributed by atoms with E-state index in [1.165, 1.54) is 32.7 Å². The third-order valence-corrected chi connectivity index (χ3v) is 4.35. The maximum absolute atomic E-state index is 6.14. The van der Waals surface area contributed by atoms with Gasteiger partial charge in [-0.05, 0) is 52.4 Å². The van der Waals surface area contributed by atoms with E-state index in [1.807, 2.05) is 0 Å². The molecule has 1 heteroatoms. The minimum atomic E-state index is 0.596. The summed E-state index contributed by atoms with van der Waals surface area (Å²) in [4.78, 5) is 0. The Morgan fingerprint density at radius 1 is 0.696 bits per heavy atom. The number of rotatable bonds is 3. The van der Waals surface area contributed by atoms with Crippen LogP contribution in [0.1, 0.15) is 11.1 Å². The maximum atomic E-state index is 6.14. The van der Waals surface area contributed by atoms with Crippen molar-refractivity contribution < 1.29 is 4.74 Å². The van der Waals surface area contributed by atoms with Crippen molar-refractivity contribution in [2.45, 2.75) is 13.5 Å². The molecule has 0 unspecified atom stereocenters. The molecule has 0 amide bonds. The summed E-state index contributed by atoms with van der Waals surface area (Å²) in [7, 11) is 0. The van der Waals surface area contributed by atoms with Gasteiger partial charge in [0.25, 0.3) is 0 Å². The standard InChI is InChI=1S/C22H18O/c1-16-7-2-3-10-20(16)15-23-22-12-6-11-19-13-17-8-4-5-9-18(17)14-21(19)22/h2-14H,15H2,1H3. The van der Waals surface area contributed by atoms with Gasteiger partial charge in [0, 0.05) is 5.39 Å². The normalized spacial score (nSPS) is 11.0. The lowest BCUT2D eigenvalue weighted by Gasteiger charge is -2.12. The molecule has 0 atom stereocenters. The summed E-state index contributed by atoms with van der Waals surface area (Å²) < 4.78 is 6.14. The second-order valence-electron chi connectivity index (χ2n) is 5.89. The van der Waals surface area contributed by atoms with Crippen molar-refractivity contribution in [2.75, 3.05) is 0 Å². The molecule has 0 bridgehead atoms. The van der Waals surface area contributed by atoms with Gasteiger partial charge < -0.3 is 4.74 Å². The summed E-state index contributed by atoms with van der Waals surface area (Å²) in [6, 6.07) is 27.5. The molecule has 0 radical (unpaired) electrons. The molecule has 0 fully saturated rings. The molecule has 0 saturated carbocycles. The molecule has 4 aromatic rings. The van der Waals surface area contributed by atoms with E-state index in [0.29, 0.717) is 6.61 Å². The zero-order valence-electron chi connectivity index (χ0n) is 13.1. The number of ether oxygens (including phenoxy) is 1. The van der Waals surface area contributed by atoms with Crippen LogP contribution in [0.15, 0.2) is 78.9 Å². The number of hydrogen-bond donors (Lipinski definition) is 0. The molecule has 0 aliphatic rings. The van der Waals surface area contributed by atoms with Gasteiger partial charge in [0.2, 0.25) is 0 Å². The minimum absolute atomic E-state index is 0.596. The molecule has 0 aliphatic carbocycles. The first-order valence-corrected chi connectivity index (χ1v) is 7.90. The number of fused-ring (bicyclic) bond motifs is 2. The molecule has 0 heterocycles. The smallest absolute Gasteiger partial charge is 0.127 e. The Morgan fingerprint density at radius 2 is 1.39 bits per heavy atom. The van der Waals surface area contributed by atoms with Crippen LogP contribution in [0, 0.1) is 6.92 Å². The Hall–Kier alpha value is -2.80. The van der Waals surface area contributed by atoms with Crippen LogP contribution in [-0.2, 0) is 6.61 Å². The van der Waals surface area contributed by atoms with E-state index in [1.54, 1.807) is 0 Å². The van der Waals surface area contributed by atoms with Gasteiger partial charge in [-0.15, -0.1) is 0 Å². The van der Waals surface area contributed by atoms with Crippen molar-refractivity contribution in [3.8, 4) is 5.75 Å². The van der Waals surface area contributed by atoms with E-state index >= 15 is 0 Å². The Labute approximate surface area is 136 Å². The van der Waals surface area contributed by atoms with Crippen molar-refractivity contribution in [3.05, 3.63) is 90.0 Å². The molecule has 0 saturated heterocycles. The number of aryl methyl sites for hydroxylation is 1. The van der Waals surface area contributed by atoms with Crippen LogP contribution in [-0.4, -0.2) is 0 Å². The van der Waals surface area contributed by atoms with Gasteiger partial charge in [-0.1, -0.05) is 60.7 Å². The third kappa shape index (κ3) is 2.66. The van der Waals surface area contributed by atoms with Crippen LogP contribution < -0.4 is 4.74 Å². The minimum Gasteiger partial charge on any atom is -0.488 e. The molecule has 0 N–H and O–H groups in total. The quantitative estimate of drug-likeness (QED) is 0.429. The van der Waals surface area contributed by atoms with Crippen molar-refractivity contribution in [1.29, 1.82) is 0 Å². The van der Waals surface area contributed by atoms with Gasteiger partial charge in [-0.25, -0.2) is 0 Å². The molecule has 4 aromatic carbocycles. The van der Waals surface area contributed by atoms with Crippen molar-refractivity contribution in [1.82, 2.24) is 0 Å². The lowest BCUT2D eigenvalue weighted by atomic mass is 10.0. The van der Waals surface area contributed by atoms with E-state index < -0.39 is 0 Å². The lowest BCUT2D eigenvalue weighted by molar-refractivity contribution is 0.309. The van der Waals surface area contributed by atoms with Crippen molar-refractivity contribution in [3.63, 3.8) is 0 Å². The first kappa shape index (κ1) is 13.8. The fourth-order valence-corrected chi connectivity index (χ4v) is 2.99. The molecule has 1 nitrogen and oxygen atoms in total. The van der Waals surface area contributed by atoms with E-state index in [0.717, 1.165) is 5.75 Å². The van der Waals surface area contributed by atoms with Gasteiger partial charge in [0.1, 0.15) is 12.4 Å². The average molecular weight is 298 g/mol. The van der Waals surface area contributed by atoms with Crippen LogP contribution in [0.5, 0.6) is 5.75 Å². The predicted octanol–water partition coefficient (Wildman–Crippen LogP) is 5.88.